The van der Waals surface area contributed by atoms with Gasteiger partial charge in [0.05, 0.1) is 17.8 Å². The zero-order valence-electron chi connectivity index (χ0n) is 16.8. The summed E-state index contributed by atoms with van der Waals surface area (Å²) in [5, 5.41) is 8.56. The van der Waals surface area contributed by atoms with E-state index < -0.39 is 25.0 Å². The van der Waals surface area contributed by atoms with Gasteiger partial charge < -0.3 is 5.11 Å². The normalized spacial score (nSPS) is 13.2. The number of carboxylic acids is 1. The first kappa shape index (κ1) is 24.6. The fraction of sp³-hybridized carbons (Fsp3) is 0.944. The van der Waals surface area contributed by atoms with Crippen LogP contribution in [0.2, 0.25) is 0 Å². The zero-order chi connectivity index (χ0) is 19.6. The van der Waals surface area contributed by atoms with Crippen LogP contribution in [0.1, 0.15) is 92.9 Å². The van der Waals surface area contributed by atoms with Crippen LogP contribution in [0, 0.1) is 0 Å². The monoisotopic (exact) mass is 380 g/mol. The van der Waals surface area contributed by atoms with Crippen molar-refractivity contribution in [1.29, 1.82) is 0 Å². The lowest BCUT2D eigenvalue weighted by Gasteiger charge is -2.30. The molecule has 0 saturated heterocycles. The van der Waals surface area contributed by atoms with Crippen LogP contribution in [0.5, 0.6) is 0 Å². The molecule has 0 aliphatic carbocycles. The third kappa shape index (κ3) is 16.8. The molecule has 0 aromatic carbocycles. The van der Waals surface area contributed by atoms with Crippen LogP contribution >= 0.6 is 7.82 Å². The second-order valence-corrected chi connectivity index (χ2v) is 9.82. The summed E-state index contributed by atoms with van der Waals surface area (Å²) in [6, 6.07) is 0. The van der Waals surface area contributed by atoms with Gasteiger partial charge in [0.15, 0.2) is 0 Å². The van der Waals surface area contributed by atoms with Crippen molar-refractivity contribution >= 4 is 13.8 Å². The summed E-state index contributed by atoms with van der Waals surface area (Å²) < 4.78 is 29.4. The Morgan fingerprint density at radius 2 is 1.20 bits per heavy atom. The molecular weight excluding hydrogens is 343 g/mol. The Balaban J connectivity index is 3.99. The Bertz CT molecular complexity index is 402. The second kappa shape index (κ2) is 11.3. The molecule has 0 unspecified atom stereocenters. The van der Waals surface area contributed by atoms with E-state index in [0.29, 0.717) is 6.61 Å². The minimum atomic E-state index is -3.60. The fourth-order valence-corrected chi connectivity index (χ4v) is 4.02. The molecule has 150 valence electrons. The number of hydrogen-bond donors (Lipinski definition) is 1. The van der Waals surface area contributed by atoms with Crippen molar-refractivity contribution in [3.63, 3.8) is 0 Å². The maximum absolute atomic E-state index is 12.8. The first-order valence-corrected chi connectivity index (χ1v) is 10.7. The van der Waals surface area contributed by atoms with E-state index in [0.717, 1.165) is 44.9 Å². The number of phosphoric ester groups is 1. The number of hydrogen-bond acceptors (Lipinski definition) is 5. The number of aliphatic carboxylic acids is 1. The third-order valence-electron chi connectivity index (χ3n) is 3.06. The van der Waals surface area contributed by atoms with Crippen LogP contribution in [-0.2, 0) is 22.9 Å². The Morgan fingerprint density at radius 3 is 1.60 bits per heavy atom. The maximum Gasteiger partial charge on any atom is 0.475 e. The van der Waals surface area contributed by atoms with Gasteiger partial charge in [-0.1, -0.05) is 32.1 Å². The summed E-state index contributed by atoms with van der Waals surface area (Å²) in [7, 11) is -3.60. The van der Waals surface area contributed by atoms with Crippen LogP contribution in [0.15, 0.2) is 0 Å². The molecule has 0 bridgehead atoms. The fourth-order valence-electron chi connectivity index (χ4n) is 2.18. The predicted octanol–water partition coefficient (Wildman–Crippen LogP) is 5.95. The molecule has 0 amide bonds. The number of phosphoric acid groups is 1. The zero-order valence-corrected chi connectivity index (χ0v) is 17.7. The Hall–Kier alpha value is -0.420. The molecule has 0 fully saturated rings. The topological polar surface area (TPSA) is 82.1 Å². The van der Waals surface area contributed by atoms with Crippen LogP contribution in [-0.4, -0.2) is 28.9 Å². The van der Waals surface area contributed by atoms with E-state index in [9.17, 15) is 9.36 Å². The number of rotatable bonds is 13. The third-order valence-corrected chi connectivity index (χ3v) is 5.10. The van der Waals surface area contributed by atoms with Gasteiger partial charge in [-0.2, -0.15) is 0 Å². The van der Waals surface area contributed by atoms with Crippen LogP contribution in [0.25, 0.3) is 0 Å². The molecule has 6 nitrogen and oxygen atoms in total. The second-order valence-electron chi connectivity index (χ2n) is 8.31. The summed E-state index contributed by atoms with van der Waals surface area (Å²) in [5.41, 5.74) is -1.23. The summed E-state index contributed by atoms with van der Waals surface area (Å²) in [4.78, 5) is 10.4. The minimum absolute atomic E-state index is 0.255. The van der Waals surface area contributed by atoms with Crippen molar-refractivity contribution in [1.82, 2.24) is 0 Å². The molecule has 0 aliphatic heterocycles. The highest BCUT2D eigenvalue weighted by atomic mass is 31.2. The largest absolute Gasteiger partial charge is 0.481 e. The lowest BCUT2D eigenvalue weighted by Crippen LogP contribution is -2.24. The molecule has 0 heterocycles. The number of unbranched alkanes of at least 4 members (excludes halogenated alkanes) is 6. The lowest BCUT2D eigenvalue weighted by atomic mass is 10.1. The molecule has 0 radical (unpaired) electrons. The van der Waals surface area contributed by atoms with E-state index in [2.05, 4.69) is 0 Å². The summed E-state index contributed by atoms with van der Waals surface area (Å²) in [6.45, 7) is 11.2. The molecule has 0 rings (SSSR count). The summed E-state index contributed by atoms with van der Waals surface area (Å²) in [5.74, 6) is -0.725. The lowest BCUT2D eigenvalue weighted by molar-refractivity contribution is -0.137. The van der Waals surface area contributed by atoms with E-state index in [-0.39, 0.29) is 6.42 Å². The molecular formula is C18H37O6P. The van der Waals surface area contributed by atoms with E-state index in [1.807, 2.05) is 41.5 Å². The Labute approximate surface area is 153 Å². The van der Waals surface area contributed by atoms with Crippen LogP contribution in [0.3, 0.4) is 0 Å². The van der Waals surface area contributed by atoms with Gasteiger partial charge in [-0.25, -0.2) is 4.57 Å². The summed E-state index contributed by atoms with van der Waals surface area (Å²) >= 11 is 0. The molecule has 0 aromatic heterocycles. The number of carboxylic acid groups (broad SMARTS) is 1. The Morgan fingerprint density at radius 1 is 0.800 bits per heavy atom. The molecule has 0 aromatic rings. The average molecular weight is 380 g/mol. The predicted molar refractivity (Wildman–Crippen MR) is 99.8 cm³/mol. The van der Waals surface area contributed by atoms with E-state index in [1.54, 1.807) is 0 Å². The average Bonchev–Trinajstić information content (AvgIpc) is 2.35. The molecule has 0 aliphatic rings. The molecule has 0 atom stereocenters. The van der Waals surface area contributed by atoms with Gasteiger partial charge in [-0.3, -0.25) is 18.4 Å². The summed E-state index contributed by atoms with van der Waals surface area (Å²) in [6.07, 6.45) is 6.91. The molecule has 7 heteroatoms. The standard InChI is InChI=1S/C18H37O6P/c1-17(2,3)23-25(21,24-18(4,5)6)22-15-13-11-9-7-8-10-12-14-16(19)20/h7-15H2,1-6H3,(H,19,20). The van der Waals surface area contributed by atoms with E-state index >= 15 is 0 Å². The Kier molecular flexibility index (Phi) is 11.1. The number of carbonyl (C=O) groups is 1. The van der Waals surface area contributed by atoms with Gasteiger partial charge in [0, 0.05) is 6.42 Å². The van der Waals surface area contributed by atoms with Crippen molar-refractivity contribution in [3.8, 4) is 0 Å². The van der Waals surface area contributed by atoms with Gasteiger partial charge in [0.25, 0.3) is 0 Å². The van der Waals surface area contributed by atoms with Gasteiger partial charge in [-0.15, -0.1) is 0 Å². The minimum Gasteiger partial charge on any atom is -0.481 e. The van der Waals surface area contributed by atoms with Crippen molar-refractivity contribution < 1.29 is 28.0 Å². The first-order valence-electron chi connectivity index (χ1n) is 9.21. The van der Waals surface area contributed by atoms with Crippen molar-refractivity contribution in [2.24, 2.45) is 0 Å². The van der Waals surface area contributed by atoms with Gasteiger partial charge in [0.2, 0.25) is 0 Å². The van der Waals surface area contributed by atoms with E-state index in [1.165, 1.54) is 0 Å². The molecule has 0 saturated carbocycles. The van der Waals surface area contributed by atoms with Gasteiger partial charge >= 0.3 is 13.8 Å². The maximum atomic E-state index is 12.8. The molecule has 25 heavy (non-hydrogen) atoms. The van der Waals surface area contributed by atoms with Gasteiger partial charge in [-0.05, 0) is 54.4 Å². The highest BCUT2D eigenvalue weighted by Crippen LogP contribution is 2.55. The van der Waals surface area contributed by atoms with Gasteiger partial charge in [0.1, 0.15) is 0 Å². The van der Waals surface area contributed by atoms with E-state index in [4.69, 9.17) is 18.7 Å². The quantitative estimate of drug-likeness (QED) is 0.314. The van der Waals surface area contributed by atoms with Crippen molar-refractivity contribution in [3.05, 3.63) is 0 Å². The highest BCUT2D eigenvalue weighted by molar-refractivity contribution is 7.48. The SMILES string of the molecule is CC(C)(C)OP(=O)(OCCCCCCCCCC(=O)O)OC(C)(C)C. The first-order chi connectivity index (χ1) is 11.3. The molecule has 0 spiro atoms. The van der Waals surface area contributed by atoms with Crippen LogP contribution in [0.4, 0.5) is 0 Å². The highest BCUT2D eigenvalue weighted by Gasteiger charge is 2.36. The van der Waals surface area contributed by atoms with Crippen LogP contribution < -0.4 is 0 Å². The van der Waals surface area contributed by atoms with Crippen molar-refractivity contribution in [2.45, 2.75) is 104 Å². The molecule has 1 N–H and O–H groups in total. The van der Waals surface area contributed by atoms with Crippen molar-refractivity contribution in [2.75, 3.05) is 6.61 Å². The smallest absolute Gasteiger partial charge is 0.475 e.